The molecule has 0 unspecified atom stereocenters. The number of imidazole rings is 1. The molecule has 0 aromatic carbocycles. The van der Waals surface area contributed by atoms with Crippen LogP contribution in [0.2, 0.25) is 0 Å². The molecular formula is C12H19N3O2. The highest BCUT2D eigenvalue weighted by molar-refractivity contribution is 5.76. The predicted molar refractivity (Wildman–Crippen MR) is 63.6 cm³/mol. The van der Waals surface area contributed by atoms with Crippen LogP contribution in [0.4, 0.5) is 0 Å². The van der Waals surface area contributed by atoms with Crippen LogP contribution in [-0.4, -0.2) is 35.2 Å². The van der Waals surface area contributed by atoms with E-state index in [0.29, 0.717) is 13.0 Å². The molecule has 1 aliphatic rings. The Labute approximate surface area is 101 Å². The van der Waals surface area contributed by atoms with Gasteiger partial charge in [0.05, 0.1) is 0 Å². The second kappa shape index (κ2) is 5.82. The molecule has 0 spiro atoms. The van der Waals surface area contributed by atoms with Gasteiger partial charge in [-0.25, -0.2) is 4.98 Å². The van der Waals surface area contributed by atoms with E-state index in [4.69, 9.17) is 4.74 Å². The molecule has 0 fully saturated rings. The summed E-state index contributed by atoms with van der Waals surface area (Å²) in [6.07, 6.45) is 7.03. The van der Waals surface area contributed by atoms with Crippen molar-refractivity contribution in [3.05, 3.63) is 18.2 Å². The summed E-state index contributed by atoms with van der Waals surface area (Å²) in [5.41, 5.74) is 0. The number of aryl methyl sites for hydroxylation is 1. The summed E-state index contributed by atoms with van der Waals surface area (Å²) in [6.45, 7) is 1.48. The average Bonchev–Trinajstić information content (AvgIpc) is 2.76. The number of nitrogens with one attached hydrogen (secondary N) is 1. The first-order chi connectivity index (χ1) is 8.29. The number of carbonyl (C=O) groups excluding carboxylic acids is 1. The van der Waals surface area contributed by atoms with Crippen LogP contribution in [0.1, 0.15) is 25.1 Å². The van der Waals surface area contributed by atoms with E-state index in [0.717, 1.165) is 31.6 Å². The summed E-state index contributed by atoms with van der Waals surface area (Å²) in [5, 5.41) is 3.07. The monoisotopic (exact) mass is 237 g/mol. The van der Waals surface area contributed by atoms with Gasteiger partial charge in [-0.2, -0.15) is 0 Å². The van der Waals surface area contributed by atoms with Crippen molar-refractivity contribution >= 4 is 5.91 Å². The molecule has 1 N–H and O–H groups in total. The van der Waals surface area contributed by atoms with Gasteiger partial charge in [0.1, 0.15) is 5.82 Å². The molecule has 1 aromatic heterocycles. The molecular weight excluding hydrogens is 218 g/mol. The Balaban J connectivity index is 1.76. The van der Waals surface area contributed by atoms with Gasteiger partial charge in [-0.05, 0) is 12.8 Å². The van der Waals surface area contributed by atoms with Gasteiger partial charge in [0, 0.05) is 51.5 Å². The normalized spacial score (nSPS) is 18.8. The van der Waals surface area contributed by atoms with Crippen LogP contribution >= 0.6 is 0 Å². The number of methoxy groups -OCH3 is 1. The summed E-state index contributed by atoms with van der Waals surface area (Å²) in [4.78, 5) is 15.9. The fourth-order valence-electron chi connectivity index (χ4n) is 2.16. The van der Waals surface area contributed by atoms with Crippen LogP contribution < -0.4 is 5.32 Å². The highest BCUT2D eigenvalue weighted by atomic mass is 16.5. The zero-order chi connectivity index (χ0) is 12.1. The van der Waals surface area contributed by atoms with Crippen molar-refractivity contribution in [1.82, 2.24) is 14.9 Å². The van der Waals surface area contributed by atoms with Gasteiger partial charge in [0.2, 0.25) is 5.91 Å². The smallest absolute Gasteiger partial charge is 0.220 e. The maximum absolute atomic E-state index is 11.6. The average molecular weight is 237 g/mol. The molecule has 0 radical (unpaired) electrons. The van der Waals surface area contributed by atoms with Gasteiger partial charge in [-0.1, -0.05) is 0 Å². The Morgan fingerprint density at radius 2 is 2.59 bits per heavy atom. The molecule has 0 bridgehead atoms. The first-order valence-corrected chi connectivity index (χ1v) is 6.08. The number of carbonyl (C=O) groups is 1. The third-order valence-corrected chi connectivity index (χ3v) is 3.05. The van der Waals surface area contributed by atoms with Crippen molar-refractivity contribution in [2.24, 2.45) is 0 Å². The lowest BCUT2D eigenvalue weighted by Gasteiger charge is -2.24. The number of amides is 1. The SMILES string of the molecule is COCCCC(=O)N[C@H]1CCc2nccn2C1. The van der Waals surface area contributed by atoms with E-state index < -0.39 is 0 Å². The van der Waals surface area contributed by atoms with E-state index in [2.05, 4.69) is 14.9 Å². The van der Waals surface area contributed by atoms with Crippen LogP contribution in [0.3, 0.4) is 0 Å². The summed E-state index contributed by atoms with van der Waals surface area (Å²) in [7, 11) is 1.65. The van der Waals surface area contributed by atoms with Crippen LogP contribution in [-0.2, 0) is 22.5 Å². The molecule has 0 saturated carbocycles. The zero-order valence-electron chi connectivity index (χ0n) is 10.2. The first-order valence-electron chi connectivity index (χ1n) is 6.08. The lowest BCUT2D eigenvalue weighted by atomic mass is 10.1. The van der Waals surface area contributed by atoms with Gasteiger partial charge in [-0.15, -0.1) is 0 Å². The molecule has 1 aromatic rings. The molecule has 0 saturated heterocycles. The first kappa shape index (κ1) is 12.1. The minimum absolute atomic E-state index is 0.121. The third kappa shape index (κ3) is 3.30. The summed E-state index contributed by atoms with van der Waals surface area (Å²) < 4.78 is 7.04. The molecule has 2 heterocycles. The van der Waals surface area contributed by atoms with Crippen molar-refractivity contribution < 1.29 is 9.53 Å². The number of aromatic nitrogens is 2. The Morgan fingerprint density at radius 3 is 3.41 bits per heavy atom. The summed E-state index contributed by atoms with van der Waals surface area (Å²) >= 11 is 0. The van der Waals surface area contributed by atoms with Crippen LogP contribution in [0.25, 0.3) is 0 Å². The van der Waals surface area contributed by atoms with Crippen molar-refractivity contribution in [3.8, 4) is 0 Å². The quantitative estimate of drug-likeness (QED) is 0.768. The lowest BCUT2D eigenvalue weighted by molar-refractivity contribution is -0.122. The molecule has 0 aliphatic carbocycles. The van der Waals surface area contributed by atoms with Crippen molar-refractivity contribution in [2.45, 2.75) is 38.3 Å². The zero-order valence-corrected chi connectivity index (χ0v) is 10.2. The van der Waals surface area contributed by atoms with Crippen molar-refractivity contribution in [2.75, 3.05) is 13.7 Å². The van der Waals surface area contributed by atoms with Gasteiger partial charge in [0.15, 0.2) is 0 Å². The topological polar surface area (TPSA) is 56.1 Å². The number of fused-ring (bicyclic) bond motifs is 1. The van der Waals surface area contributed by atoms with E-state index in [-0.39, 0.29) is 11.9 Å². The predicted octanol–water partition coefficient (Wildman–Crippen LogP) is 0.741. The fraction of sp³-hybridized carbons (Fsp3) is 0.667. The maximum atomic E-state index is 11.6. The minimum atomic E-state index is 0.121. The molecule has 5 heteroatoms. The number of nitrogens with zero attached hydrogens (tertiary/aromatic N) is 2. The lowest BCUT2D eigenvalue weighted by Crippen LogP contribution is -2.40. The second-order valence-corrected chi connectivity index (χ2v) is 4.40. The van der Waals surface area contributed by atoms with Gasteiger partial charge >= 0.3 is 0 Å². The van der Waals surface area contributed by atoms with Crippen LogP contribution in [0.15, 0.2) is 12.4 Å². The highest BCUT2D eigenvalue weighted by Gasteiger charge is 2.19. The third-order valence-electron chi connectivity index (χ3n) is 3.05. The second-order valence-electron chi connectivity index (χ2n) is 4.40. The highest BCUT2D eigenvalue weighted by Crippen LogP contribution is 2.13. The number of rotatable bonds is 5. The molecule has 1 amide bonds. The van der Waals surface area contributed by atoms with Gasteiger partial charge in [0.25, 0.3) is 0 Å². The molecule has 94 valence electrons. The van der Waals surface area contributed by atoms with Gasteiger partial charge in [-0.3, -0.25) is 4.79 Å². The molecule has 1 aliphatic heterocycles. The molecule has 5 nitrogen and oxygen atoms in total. The Bertz CT molecular complexity index is 376. The van der Waals surface area contributed by atoms with E-state index in [1.165, 1.54) is 0 Å². The van der Waals surface area contributed by atoms with Crippen molar-refractivity contribution in [1.29, 1.82) is 0 Å². The van der Waals surface area contributed by atoms with Gasteiger partial charge < -0.3 is 14.6 Å². The maximum Gasteiger partial charge on any atom is 0.220 e. The van der Waals surface area contributed by atoms with Crippen LogP contribution in [0, 0.1) is 0 Å². The number of hydrogen-bond acceptors (Lipinski definition) is 3. The van der Waals surface area contributed by atoms with E-state index >= 15 is 0 Å². The summed E-state index contributed by atoms with van der Waals surface area (Å²) in [6, 6.07) is 0.242. The van der Waals surface area contributed by atoms with Crippen molar-refractivity contribution in [3.63, 3.8) is 0 Å². The molecule has 1 atom stereocenters. The van der Waals surface area contributed by atoms with E-state index in [1.54, 1.807) is 7.11 Å². The van der Waals surface area contributed by atoms with E-state index in [9.17, 15) is 4.79 Å². The Morgan fingerprint density at radius 1 is 1.71 bits per heavy atom. The summed E-state index contributed by atoms with van der Waals surface area (Å²) in [5.74, 6) is 1.24. The largest absolute Gasteiger partial charge is 0.385 e. The van der Waals surface area contributed by atoms with Crippen LogP contribution in [0.5, 0.6) is 0 Å². The minimum Gasteiger partial charge on any atom is -0.385 e. The fourth-order valence-corrected chi connectivity index (χ4v) is 2.16. The molecule has 2 rings (SSSR count). The van der Waals surface area contributed by atoms with E-state index in [1.807, 2.05) is 12.4 Å². The standard InChI is InChI=1S/C12H19N3O2/c1-17-8-2-3-12(16)14-10-4-5-11-13-6-7-15(11)9-10/h6-7,10H,2-5,8-9H2,1H3,(H,14,16)/t10-/m0/s1. The number of hydrogen-bond donors (Lipinski definition) is 1. The Hall–Kier alpha value is -1.36. The molecule has 17 heavy (non-hydrogen) atoms. The Kier molecular flexibility index (Phi) is 4.14. The number of ether oxygens (including phenoxy) is 1.